The lowest BCUT2D eigenvalue weighted by molar-refractivity contribution is -0.145. The molecule has 10 nitrogen and oxygen atoms in total. The van der Waals surface area contributed by atoms with E-state index in [1.54, 1.807) is 0 Å². The number of carboxylic acid groups (broad SMARTS) is 1. The number of carbonyl (C=O) groups is 4. The van der Waals surface area contributed by atoms with Gasteiger partial charge in [-0.05, 0) is 41.5 Å². The number of esters is 1. The highest BCUT2D eigenvalue weighted by Gasteiger charge is 2.30. The van der Waals surface area contributed by atoms with Crippen LogP contribution in [0.1, 0.15) is 36.3 Å². The zero-order chi connectivity index (χ0) is 28.2. The summed E-state index contributed by atoms with van der Waals surface area (Å²) in [5, 5.41) is 14.4. The van der Waals surface area contributed by atoms with Crippen molar-refractivity contribution in [3.63, 3.8) is 0 Å². The first-order chi connectivity index (χ1) is 18.8. The van der Waals surface area contributed by atoms with Crippen LogP contribution in [0.3, 0.4) is 0 Å². The van der Waals surface area contributed by atoms with Gasteiger partial charge in [0.25, 0.3) is 0 Å². The highest BCUT2D eigenvalue weighted by Crippen LogP contribution is 2.44. The second kappa shape index (κ2) is 14.4. The summed E-state index contributed by atoms with van der Waals surface area (Å²) >= 11 is 0. The van der Waals surface area contributed by atoms with Gasteiger partial charge >= 0.3 is 24.1 Å². The minimum atomic E-state index is -1.27. The molecule has 10 heteroatoms. The highest BCUT2D eigenvalue weighted by molar-refractivity contribution is 5.82. The number of alkyl carbamates (subject to hydrolysis) is 2. The molecule has 2 aromatic rings. The number of nitrogens with one attached hydrogen (secondary N) is 2. The normalized spacial score (nSPS) is 13.1. The first kappa shape index (κ1) is 29.0. The van der Waals surface area contributed by atoms with Crippen LogP contribution in [0.15, 0.2) is 73.8 Å². The number of rotatable bonds is 14. The Morgan fingerprint density at radius 1 is 0.795 bits per heavy atom. The van der Waals surface area contributed by atoms with Crippen molar-refractivity contribution in [2.24, 2.45) is 0 Å². The number of aliphatic carboxylic acids is 1. The second-order valence-electron chi connectivity index (χ2n) is 8.79. The average Bonchev–Trinajstić information content (AvgIpc) is 3.26. The fraction of sp³-hybridized carbons (Fsp3) is 0.310. The number of fused-ring (bicyclic) bond motifs is 3. The predicted octanol–water partition coefficient (Wildman–Crippen LogP) is 4.16. The quantitative estimate of drug-likeness (QED) is 0.186. The molecule has 1 aliphatic carbocycles. The van der Waals surface area contributed by atoms with Gasteiger partial charge in [-0.1, -0.05) is 73.8 Å². The van der Waals surface area contributed by atoms with Crippen LogP contribution in [0.4, 0.5) is 9.59 Å². The highest BCUT2D eigenvalue weighted by atomic mass is 16.6. The molecule has 0 fully saturated rings. The van der Waals surface area contributed by atoms with Gasteiger partial charge in [-0.2, -0.15) is 0 Å². The summed E-state index contributed by atoms with van der Waals surface area (Å²) in [6, 6.07) is 13.4. The van der Waals surface area contributed by atoms with E-state index in [1.807, 2.05) is 48.5 Å². The van der Waals surface area contributed by atoms with Gasteiger partial charge in [0.15, 0.2) is 0 Å². The topological polar surface area (TPSA) is 140 Å². The first-order valence-corrected chi connectivity index (χ1v) is 12.5. The van der Waals surface area contributed by atoms with Crippen molar-refractivity contribution in [1.29, 1.82) is 0 Å². The summed E-state index contributed by atoms with van der Waals surface area (Å²) in [4.78, 5) is 48.6. The van der Waals surface area contributed by atoms with Gasteiger partial charge in [0, 0.05) is 5.92 Å². The van der Waals surface area contributed by atoms with Gasteiger partial charge in [0.2, 0.25) is 0 Å². The van der Waals surface area contributed by atoms with E-state index in [-0.39, 0.29) is 45.0 Å². The molecule has 0 aliphatic heterocycles. The number of hydrogen-bond donors (Lipinski definition) is 3. The second-order valence-corrected chi connectivity index (χ2v) is 8.79. The van der Waals surface area contributed by atoms with Crippen molar-refractivity contribution in [3.05, 3.63) is 85.0 Å². The molecule has 2 amide bonds. The van der Waals surface area contributed by atoms with Gasteiger partial charge in [-0.25, -0.2) is 19.2 Å². The Morgan fingerprint density at radius 2 is 1.31 bits per heavy atom. The van der Waals surface area contributed by atoms with E-state index in [4.69, 9.17) is 14.2 Å². The maximum atomic E-state index is 12.5. The van der Waals surface area contributed by atoms with Crippen molar-refractivity contribution >= 4 is 24.1 Å². The third-order valence-electron chi connectivity index (χ3n) is 6.17. The molecule has 0 saturated heterocycles. The summed E-state index contributed by atoms with van der Waals surface area (Å²) < 4.78 is 15.3. The number of hydrogen-bond acceptors (Lipinski definition) is 7. The lowest BCUT2D eigenvalue weighted by atomic mass is 9.98. The van der Waals surface area contributed by atoms with Gasteiger partial charge in [0.1, 0.15) is 31.9 Å². The zero-order valence-electron chi connectivity index (χ0n) is 21.5. The Bertz CT molecular complexity index is 1170. The molecule has 0 unspecified atom stereocenters. The molecule has 2 aromatic carbocycles. The van der Waals surface area contributed by atoms with Crippen LogP contribution in [-0.4, -0.2) is 61.1 Å². The summed E-state index contributed by atoms with van der Waals surface area (Å²) in [6.07, 6.45) is 1.24. The van der Waals surface area contributed by atoms with Crippen molar-refractivity contribution in [3.8, 4) is 11.1 Å². The molecule has 2 atom stereocenters. The van der Waals surface area contributed by atoms with Crippen LogP contribution in [0, 0.1) is 0 Å². The third-order valence-corrected chi connectivity index (χ3v) is 6.17. The Morgan fingerprint density at radius 3 is 1.90 bits per heavy atom. The van der Waals surface area contributed by atoms with E-state index < -0.39 is 36.2 Å². The van der Waals surface area contributed by atoms with Crippen LogP contribution in [0.2, 0.25) is 0 Å². The maximum Gasteiger partial charge on any atom is 0.408 e. The van der Waals surface area contributed by atoms with Crippen LogP contribution in [0.5, 0.6) is 0 Å². The molecule has 39 heavy (non-hydrogen) atoms. The largest absolute Gasteiger partial charge is 0.480 e. The molecular weight excluding hydrogens is 504 g/mol. The third kappa shape index (κ3) is 7.94. The van der Waals surface area contributed by atoms with E-state index in [0.29, 0.717) is 0 Å². The smallest absolute Gasteiger partial charge is 0.408 e. The van der Waals surface area contributed by atoms with Crippen LogP contribution >= 0.6 is 0 Å². The SMILES string of the molecule is C=CCOC(=O)N[C@@H](CCC[C@H](NC(=O)OCC1c2ccccc2-c2ccccc21)C(=O)O)C(=O)OCC=C. The van der Waals surface area contributed by atoms with E-state index in [9.17, 15) is 24.3 Å². The molecule has 206 valence electrons. The van der Waals surface area contributed by atoms with Crippen LogP contribution in [-0.2, 0) is 23.8 Å². The molecule has 0 saturated carbocycles. The van der Waals surface area contributed by atoms with Gasteiger partial charge in [-0.15, -0.1) is 0 Å². The minimum absolute atomic E-state index is 0.0197. The monoisotopic (exact) mass is 536 g/mol. The molecule has 3 rings (SSSR count). The molecule has 0 aromatic heterocycles. The minimum Gasteiger partial charge on any atom is -0.480 e. The Hall–Kier alpha value is -4.60. The van der Waals surface area contributed by atoms with E-state index in [1.165, 1.54) is 12.2 Å². The Labute approximate surface area is 226 Å². The Balaban J connectivity index is 1.55. The van der Waals surface area contributed by atoms with Crippen molar-refractivity contribution < 1.29 is 38.5 Å². The molecular formula is C29H32N2O8. The first-order valence-electron chi connectivity index (χ1n) is 12.5. The Kier molecular flexibility index (Phi) is 10.7. The molecule has 0 radical (unpaired) electrons. The van der Waals surface area contributed by atoms with E-state index >= 15 is 0 Å². The summed E-state index contributed by atoms with van der Waals surface area (Å²) in [6.45, 7) is 6.85. The van der Waals surface area contributed by atoms with Crippen molar-refractivity contribution in [1.82, 2.24) is 10.6 Å². The fourth-order valence-electron chi connectivity index (χ4n) is 4.37. The number of benzene rings is 2. The van der Waals surface area contributed by atoms with Crippen molar-refractivity contribution in [2.45, 2.75) is 37.3 Å². The van der Waals surface area contributed by atoms with Crippen LogP contribution < -0.4 is 10.6 Å². The maximum absolute atomic E-state index is 12.5. The molecule has 3 N–H and O–H groups in total. The number of amides is 2. The number of ether oxygens (including phenoxy) is 3. The molecule has 1 aliphatic rings. The molecule has 0 bridgehead atoms. The number of carboxylic acids is 1. The van der Waals surface area contributed by atoms with Gasteiger partial charge in [-0.3, -0.25) is 0 Å². The summed E-state index contributed by atoms with van der Waals surface area (Å²) in [7, 11) is 0. The fourth-order valence-corrected chi connectivity index (χ4v) is 4.37. The van der Waals surface area contributed by atoms with Gasteiger partial charge in [0.05, 0.1) is 0 Å². The van der Waals surface area contributed by atoms with Gasteiger partial charge < -0.3 is 30.0 Å². The molecule has 0 heterocycles. The van der Waals surface area contributed by atoms with E-state index in [2.05, 4.69) is 23.8 Å². The molecule has 0 spiro atoms. The summed E-state index contributed by atoms with van der Waals surface area (Å²) in [5.74, 6) is -2.14. The number of carbonyl (C=O) groups excluding carboxylic acids is 3. The summed E-state index contributed by atoms with van der Waals surface area (Å²) in [5.41, 5.74) is 4.23. The van der Waals surface area contributed by atoms with E-state index in [0.717, 1.165) is 22.3 Å². The van der Waals surface area contributed by atoms with Crippen LogP contribution in [0.25, 0.3) is 11.1 Å². The van der Waals surface area contributed by atoms with Crippen molar-refractivity contribution in [2.75, 3.05) is 19.8 Å². The predicted molar refractivity (Wildman–Crippen MR) is 143 cm³/mol. The zero-order valence-corrected chi connectivity index (χ0v) is 21.5. The lowest BCUT2D eigenvalue weighted by Crippen LogP contribution is -2.43. The standard InChI is InChI=1S/C29H32N2O8/c1-3-16-37-27(34)25(31-28(35)38-17-4-2)15-9-14-24(26(32)33)30-29(36)39-18-23-21-12-7-5-10-19(21)20-11-6-8-13-22(20)23/h3-8,10-13,23-25H,1-2,9,14-18H2,(H,30,36)(H,31,35)(H,32,33)/t24-,25-/m0/s1. The average molecular weight is 537 g/mol. The lowest BCUT2D eigenvalue weighted by Gasteiger charge is -2.19.